The first kappa shape index (κ1) is 12.8. The molecule has 0 unspecified atom stereocenters. The van der Waals surface area contributed by atoms with E-state index in [4.69, 9.17) is 0 Å². The third-order valence-corrected chi connectivity index (χ3v) is 3.00. The largest absolute Gasteiger partial charge is 0.312 e. The quantitative estimate of drug-likeness (QED) is 0.821. The molecule has 1 aromatic carbocycles. The van der Waals surface area contributed by atoms with Crippen molar-refractivity contribution in [2.45, 2.75) is 19.9 Å². The highest BCUT2D eigenvalue weighted by atomic mass is 19.1. The molecular formula is C14H18FN3. The first-order valence-electron chi connectivity index (χ1n) is 6.11. The fraction of sp³-hybridized carbons (Fsp3) is 0.357. The minimum absolute atomic E-state index is 0.250. The number of aryl methyl sites for hydroxylation is 2. The van der Waals surface area contributed by atoms with Crippen LogP contribution in [0.15, 0.2) is 30.3 Å². The summed E-state index contributed by atoms with van der Waals surface area (Å²) in [6.45, 7) is 3.19. The highest BCUT2D eigenvalue weighted by Crippen LogP contribution is 2.10. The molecule has 2 rings (SSSR count). The molecule has 0 aliphatic heterocycles. The molecule has 4 heteroatoms. The van der Waals surface area contributed by atoms with Gasteiger partial charge in [0.2, 0.25) is 5.95 Å². The van der Waals surface area contributed by atoms with Crippen LogP contribution in [0, 0.1) is 12.9 Å². The first-order chi connectivity index (χ1) is 8.68. The maximum absolute atomic E-state index is 13.6. The van der Waals surface area contributed by atoms with E-state index in [2.05, 4.69) is 22.5 Å². The van der Waals surface area contributed by atoms with Crippen molar-refractivity contribution in [3.05, 3.63) is 53.1 Å². The number of nitrogens with zero attached hydrogens (tertiary/aromatic N) is 2. The maximum Gasteiger partial charge on any atom is 0.215 e. The fourth-order valence-corrected chi connectivity index (χ4v) is 1.97. The molecule has 1 aromatic heterocycles. The molecule has 18 heavy (non-hydrogen) atoms. The highest BCUT2D eigenvalue weighted by Gasteiger charge is 2.11. The van der Waals surface area contributed by atoms with E-state index in [0.29, 0.717) is 12.1 Å². The SMILES string of the molecule is Cc1nn(C)c(F)c1CNCCc1ccccc1. The Morgan fingerprint density at radius 1 is 1.28 bits per heavy atom. The van der Waals surface area contributed by atoms with Crippen molar-refractivity contribution in [2.75, 3.05) is 6.54 Å². The second-order valence-electron chi connectivity index (χ2n) is 4.39. The molecule has 96 valence electrons. The van der Waals surface area contributed by atoms with Crippen LogP contribution in [0.3, 0.4) is 0 Å². The third-order valence-electron chi connectivity index (χ3n) is 3.00. The van der Waals surface area contributed by atoms with Crippen molar-refractivity contribution in [1.82, 2.24) is 15.1 Å². The van der Waals surface area contributed by atoms with E-state index in [1.165, 1.54) is 10.2 Å². The maximum atomic E-state index is 13.6. The molecule has 0 radical (unpaired) electrons. The molecular weight excluding hydrogens is 229 g/mol. The van der Waals surface area contributed by atoms with E-state index in [1.807, 2.05) is 25.1 Å². The topological polar surface area (TPSA) is 29.9 Å². The van der Waals surface area contributed by atoms with Gasteiger partial charge < -0.3 is 5.32 Å². The van der Waals surface area contributed by atoms with Crippen LogP contribution >= 0.6 is 0 Å². The first-order valence-corrected chi connectivity index (χ1v) is 6.11. The monoisotopic (exact) mass is 247 g/mol. The van der Waals surface area contributed by atoms with Crippen LogP contribution in [0.4, 0.5) is 4.39 Å². The smallest absolute Gasteiger partial charge is 0.215 e. The van der Waals surface area contributed by atoms with Gasteiger partial charge in [0.05, 0.1) is 5.69 Å². The van der Waals surface area contributed by atoms with Gasteiger partial charge in [0.1, 0.15) is 0 Å². The van der Waals surface area contributed by atoms with Gasteiger partial charge in [0.15, 0.2) is 0 Å². The van der Waals surface area contributed by atoms with Gasteiger partial charge in [0.25, 0.3) is 0 Å². The Labute approximate surface area is 107 Å². The lowest BCUT2D eigenvalue weighted by Gasteiger charge is -2.04. The van der Waals surface area contributed by atoms with Crippen molar-refractivity contribution in [2.24, 2.45) is 7.05 Å². The molecule has 0 bridgehead atoms. The molecule has 0 saturated heterocycles. The predicted molar refractivity (Wildman–Crippen MR) is 69.8 cm³/mol. The average Bonchev–Trinajstić information content (AvgIpc) is 2.61. The summed E-state index contributed by atoms with van der Waals surface area (Å²) in [6.07, 6.45) is 0.946. The number of hydrogen-bond acceptors (Lipinski definition) is 2. The Hall–Kier alpha value is -1.68. The Bertz CT molecular complexity index is 505. The second kappa shape index (κ2) is 5.78. The van der Waals surface area contributed by atoms with Crippen molar-refractivity contribution in [1.29, 1.82) is 0 Å². The Morgan fingerprint density at radius 3 is 2.61 bits per heavy atom. The average molecular weight is 247 g/mol. The summed E-state index contributed by atoms with van der Waals surface area (Å²) in [7, 11) is 1.62. The van der Waals surface area contributed by atoms with Gasteiger partial charge in [-0.25, -0.2) is 4.68 Å². The van der Waals surface area contributed by atoms with Crippen molar-refractivity contribution < 1.29 is 4.39 Å². The molecule has 0 aliphatic carbocycles. The van der Waals surface area contributed by atoms with Crippen LogP contribution in [0.2, 0.25) is 0 Å². The number of benzene rings is 1. The van der Waals surface area contributed by atoms with Gasteiger partial charge in [-0.05, 0) is 25.5 Å². The van der Waals surface area contributed by atoms with Gasteiger partial charge in [-0.3, -0.25) is 0 Å². The predicted octanol–water partition coefficient (Wildman–Crippen LogP) is 2.20. The van der Waals surface area contributed by atoms with E-state index < -0.39 is 0 Å². The lowest BCUT2D eigenvalue weighted by atomic mass is 10.1. The molecule has 0 atom stereocenters. The Balaban J connectivity index is 1.82. The summed E-state index contributed by atoms with van der Waals surface area (Å²) in [5.41, 5.74) is 2.70. The summed E-state index contributed by atoms with van der Waals surface area (Å²) in [5, 5.41) is 7.30. The van der Waals surface area contributed by atoms with Gasteiger partial charge in [-0.2, -0.15) is 9.49 Å². The molecule has 0 saturated carbocycles. The minimum Gasteiger partial charge on any atom is -0.312 e. The van der Waals surface area contributed by atoms with Crippen LogP contribution in [0.5, 0.6) is 0 Å². The molecule has 0 amide bonds. The molecule has 0 aliphatic rings. The number of nitrogens with one attached hydrogen (secondary N) is 1. The summed E-state index contributed by atoms with van der Waals surface area (Å²) in [5.74, 6) is -0.250. The third kappa shape index (κ3) is 2.96. The molecule has 1 heterocycles. The standard InChI is InChI=1S/C14H18FN3/c1-11-13(14(15)18(2)17-11)10-16-9-8-12-6-4-3-5-7-12/h3-7,16H,8-10H2,1-2H3. The molecule has 2 aromatic rings. The van der Waals surface area contributed by atoms with E-state index in [-0.39, 0.29) is 5.95 Å². The number of hydrogen-bond donors (Lipinski definition) is 1. The van der Waals surface area contributed by atoms with Gasteiger partial charge in [-0.1, -0.05) is 30.3 Å². The van der Waals surface area contributed by atoms with E-state index in [0.717, 1.165) is 18.7 Å². The van der Waals surface area contributed by atoms with Crippen molar-refractivity contribution >= 4 is 0 Å². The van der Waals surface area contributed by atoms with Gasteiger partial charge >= 0.3 is 0 Å². The zero-order valence-electron chi connectivity index (χ0n) is 10.8. The molecule has 1 N–H and O–H groups in total. The van der Waals surface area contributed by atoms with E-state index in [9.17, 15) is 4.39 Å². The van der Waals surface area contributed by atoms with Crippen LogP contribution in [-0.2, 0) is 20.0 Å². The number of aromatic nitrogens is 2. The zero-order chi connectivity index (χ0) is 13.0. The van der Waals surface area contributed by atoms with Crippen molar-refractivity contribution in [3.63, 3.8) is 0 Å². The molecule has 0 fully saturated rings. The van der Waals surface area contributed by atoms with E-state index >= 15 is 0 Å². The zero-order valence-corrected chi connectivity index (χ0v) is 10.8. The van der Waals surface area contributed by atoms with E-state index in [1.54, 1.807) is 7.05 Å². The summed E-state index contributed by atoms with van der Waals surface area (Å²) < 4.78 is 14.9. The summed E-state index contributed by atoms with van der Waals surface area (Å²) in [6, 6.07) is 10.3. The fourth-order valence-electron chi connectivity index (χ4n) is 1.97. The summed E-state index contributed by atoms with van der Waals surface area (Å²) in [4.78, 5) is 0. The summed E-state index contributed by atoms with van der Waals surface area (Å²) >= 11 is 0. The Morgan fingerprint density at radius 2 is 2.00 bits per heavy atom. The van der Waals surface area contributed by atoms with Crippen LogP contribution in [-0.4, -0.2) is 16.3 Å². The van der Waals surface area contributed by atoms with Crippen molar-refractivity contribution in [3.8, 4) is 0 Å². The van der Waals surface area contributed by atoms with Gasteiger partial charge in [-0.15, -0.1) is 0 Å². The van der Waals surface area contributed by atoms with Gasteiger partial charge in [0, 0.05) is 19.2 Å². The molecule has 3 nitrogen and oxygen atoms in total. The number of halogens is 1. The highest BCUT2D eigenvalue weighted by molar-refractivity contribution is 5.17. The number of rotatable bonds is 5. The Kier molecular flexibility index (Phi) is 4.10. The van der Waals surface area contributed by atoms with Crippen LogP contribution in [0.25, 0.3) is 0 Å². The molecule has 0 spiro atoms. The lowest BCUT2D eigenvalue weighted by Crippen LogP contribution is -2.17. The van der Waals surface area contributed by atoms with Crippen LogP contribution in [0.1, 0.15) is 16.8 Å². The second-order valence-corrected chi connectivity index (χ2v) is 4.39. The minimum atomic E-state index is -0.250. The lowest BCUT2D eigenvalue weighted by molar-refractivity contribution is 0.490. The van der Waals surface area contributed by atoms with Crippen LogP contribution < -0.4 is 5.32 Å². The normalized spacial score (nSPS) is 10.8.